The molecule has 40 heavy (non-hydrogen) atoms. The molecule has 7 heteroatoms. The van der Waals surface area contributed by atoms with Gasteiger partial charge in [0.15, 0.2) is 0 Å². The molecular weight excluding hydrogens is 571 g/mol. The van der Waals surface area contributed by atoms with Crippen LogP contribution in [0.4, 0.5) is 4.39 Å². The summed E-state index contributed by atoms with van der Waals surface area (Å²) in [6.07, 6.45) is 16.3. The third-order valence-corrected chi connectivity index (χ3v) is 11.8. The topological polar surface area (TPSA) is 64.3 Å². The average molecular weight is 616 g/mol. The van der Waals surface area contributed by atoms with Crippen molar-refractivity contribution < 1.29 is 19.0 Å². The Kier molecular flexibility index (Phi) is 7.65. The van der Waals surface area contributed by atoms with Crippen LogP contribution in [0.15, 0.2) is 40.6 Å². The molecule has 1 N–H and O–H groups in total. The van der Waals surface area contributed by atoms with Crippen molar-refractivity contribution in [2.75, 3.05) is 6.61 Å². The van der Waals surface area contributed by atoms with Gasteiger partial charge in [-0.15, -0.1) is 0 Å². The third-order valence-electron chi connectivity index (χ3n) is 11.5. The highest BCUT2D eigenvalue weighted by atomic mass is 79.9. The quantitative estimate of drug-likeness (QED) is 0.264. The Morgan fingerprint density at radius 1 is 1.27 bits per heavy atom. The minimum atomic E-state index is -1.73. The molecule has 0 spiro atoms. The van der Waals surface area contributed by atoms with Gasteiger partial charge in [0.05, 0.1) is 18.4 Å². The van der Waals surface area contributed by atoms with E-state index in [1.807, 2.05) is 50.5 Å². The van der Waals surface area contributed by atoms with Crippen LogP contribution in [0.2, 0.25) is 0 Å². The van der Waals surface area contributed by atoms with Crippen molar-refractivity contribution in [2.45, 2.75) is 91.8 Å². The molecule has 0 aliphatic heterocycles. The van der Waals surface area contributed by atoms with Gasteiger partial charge >= 0.3 is 5.97 Å². The maximum absolute atomic E-state index is 17.9. The summed E-state index contributed by atoms with van der Waals surface area (Å²) in [5.41, 5.74) is -0.171. The maximum Gasteiger partial charge on any atom is 0.305 e. The van der Waals surface area contributed by atoms with Crippen LogP contribution >= 0.6 is 15.9 Å². The number of carbonyl (C=O) groups excluding carboxylic acids is 1. The van der Waals surface area contributed by atoms with Gasteiger partial charge in [-0.25, -0.2) is 9.07 Å². The van der Waals surface area contributed by atoms with Crippen LogP contribution in [0.25, 0.3) is 12.3 Å². The molecule has 3 fully saturated rings. The predicted octanol–water partition coefficient (Wildman–Crippen LogP) is 7.66. The molecule has 3 saturated carbocycles. The van der Waals surface area contributed by atoms with Gasteiger partial charge in [-0.1, -0.05) is 74.3 Å². The molecule has 5 nitrogen and oxygen atoms in total. The molecule has 1 aromatic heterocycles. The van der Waals surface area contributed by atoms with E-state index in [0.717, 1.165) is 34.2 Å². The molecule has 0 saturated heterocycles. The summed E-state index contributed by atoms with van der Waals surface area (Å²) in [4.78, 5) is 12.1. The molecule has 7 unspecified atom stereocenters. The molecule has 0 bridgehead atoms. The van der Waals surface area contributed by atoms with E-state index in [9.17, 15) is 9.90 Å². The van der Waals surface area contributed by atoms with Gasteiger partial charge in [-0.2, -0.15) is 5.10 Å². The van der Waals surface area contributed by atoms with Crippen LogP contribution in [0.3, 0.4) is 0 Å². The minimum absolute atomic E-state index is 0.121. The SMILES string of the molecule is CCC(=O)OC[C@]1(C)C(C)CC2C3CCC4=Cc5nn(/C=C/C=C\C=C(/C)Br)cc5CC4(C)C3(F)C(O)CC21C. The Bertz CT molecular complexity index is 1290. The second kappa shape index (κ2) is 10.4. The number of esters is 1. The van der Waals surface area contributed by atoms with E-state index in [1.54, 1.807) is 11.6 Å². The average Bonchev–Trinajstić information content (AvgIpc) is 3.37. The Morgan fingerprint density at radius 2 is 2.02 bits per heavy atom. The van der Waals surface area contributed by atoms with Gasteiger partial charge in [0, 0.05) is 35.6 Å². The van der Waals surface area contributed by atoms with Crippen molar-refractivity contribution in [1.82, 2.24) is 9.78 Å². The molecule has 4 aliphatic rings. The second-order valence-electron chi connectivity index (χ2n) is 13.4. The van der Waals surface area contributed by atoms with Crippen LogP contribution < -0.4 is 0 Å². The highest BCUT2D eigenvalue weighted by Crippen LogP contribution is 2.73. The number of ether oxygens (including phenoxy) is 1. The van der Waals surface area contributed by atoms with Gasteiger partial charge in [0.25, 0.3) is 0 Å². The fraction of sp³-hybridized carbons (Fsp3) is 0.636. The molecule has 0 amide bonds. The molecule has 218 valence electrons. The van der Waals surface area contributed by atoms with E-state index in [-0.39, 0.29) is 34.6 Å². The van der Waals surface area contributed by atoms with E-state index >= 15 is 4.39 Å². The first-order valence-corrected chi connectivity index (χ1v) is 15.6. The predicted molar refractivity (Wildman–Crippen MR) is 161 cm³/mol. The maximum atomic E-state index is 17.9. The lowest BCUT2D eigenvalue weighted by Crippen LogP contribution is -2.68. The van der Waals surface area contributed by atoms with Crippen LogP contribution in [0.5, 0.6) is 0 Å². The number of allylic oxidation sites excluding steroid dienone is 6. The summed E-state index contributed by atoms with van der Waals surface area (Å²) in [6.45, 7) is 12.8. The van der Waals surface area contributed by atoms with Crippen LogP contribution in [-0.4, -0.2) is 39.2 Å². The number of nitrogens with zero attached hydrogens (tertiary/aromatic N) is 2. The zero-order valence-electron chi connectivity index (χ0n) is 24.7. The molecular formula is C33H44BrFN2O3. The zero-order valence-corrected chi connectivity index (χ0v) is 26.3. The molecule has 5 rings (SSSR count). The number of rotatable bonds is 6. The molecule has 1 aromatic rings. The highest BCUT2D eigenvalue weighted by Gasteiger charge is 2.73. The lowest BCUT2D eigenvalue weighted by atomic mass is 9.43. The Balaban J connectivity index is 1.44. The number of aliphatic hydroxyl groups excluding tert-OH is 1. The lowest BCUT2D eigenvalue weighted by molar-refractivity contribution is -0.218. The van der Waals surface area contributed by atoms with E-state index in [0.29, 0.717) is 32.3 Å². The summed E-state index contributed by atoms with van der Waals surface area (Å²) in [7, 11) is 0. The van der Waals surface area contributed by atoms with E-state index in [4.69, 9.17) is 9.84 Å². The fourth-order valence-corrected chi connectivity index (χ4v) is 8.98. The number of aromatic nitrogens is 2. The molecule has 0 radical (unpaired) electrons. The van der Waals surface area contributed by atoms with Gasteiger partial charge in [-0.3, -0.25) is 4.79 Å². The Labute approximate surface area is 246 Å². The first-order valence-electron chi connectivity index (χ1n) is 14.8. The molecule has 0 aromatic carbocycles. The van der Waals surface area contributed by atoms with E-state index in [1.165, 1.54) is 0 Å². The van der Waals surface area contributed by atoms with Gasteiger partial charge in [0.1, 0.15) is 5.67 Å². The molecule has 4 aliphatic carbocycles. The summed E-state index contributed by atoms with van der Waals surface area (Å²) in [6, 6.07) is 0. The van der Waals surface area contributed by atoms with Crippen molar-refractivity contribution in [1.29, 1.82) is 0 Å². The van der Waals surface area contributed by atoms with Crippen molar-refractivity contribution in [3.05, 3.63) is 51.8 Å². The highest BCUT2D eigenvalue weighted by molar-refractivity contribution is 9.11. The standard InChI is InChI=1S/C33H44BrFN2O3/c1-7-29(39)40-20-32(6)21(2)15-26-25-13-12-24-16-27-23(19-37(36-27)14-10-8-9-11-22(3)34)17-30(24,4)33(25,35)28(38)18-31(26,32)5/h8-11,14,16,19,21,25-26,28,38H,7,12-13,15,17-18,20H2,1-6H3/b9-8-,14-10+,22-11+/t21?,25?,26?,28?,30?,31?,32-,33?/m1/s1. The lowest BCUT2D eigenvalue weighted by Gasteiger charge is -2.64. The molecule has 8 atom stereocenters. The number of aliphatic hydroxyl groups is 1. The van der Waals surface area contributed by atoms with Gasteiger partial charge in [-0.05, 0) is 78.5 Å². The van der Waals surface area contributed by atoms with Crippen LogP contribution in [0, 0.1) is 34.0 Å². The summed E-state index contributed by atoms with van der Waals surface area (Å²) >= 11 is 3.41. The summed E-state index contributed by atoms with van der Waals surface area (Å²) in [5, 5.41) is 16.6. The van der Waals surface area contributed by atoms with E-state index in [2.05, 4.69) is 42.8 Å². The largest absolute Gasteiger partial charge is 0.465 e. The Morgan fingerprint density at radius 3 is 2.73 bits per heavy atom. The minimum Gasteiger partial charge on any atom is -0.465 e. The van der Waals surface area contributed by atoms with Gasteiger partial charge in [0.2, 0.25) is 0 Å². The van der Waals surface area contributed by atoms with Crippen molar-refractivity contribution in [3.8, 4) is 0 Å². The van der Waals surface area contributed by atoms with Gasteiger partial charge < -0.3 is 9.84 Å². The molecule has 1 heterocycles. The van der Waals surface area contributed by atoms with Crippen molar-refractivity contribution >= 4 is 34.2 Å². The van der Waals surface area contributed by atoms with Crippen molar-refractivity contribution in [3.63, 3.8) is 0 Å². The monoisotopic (exact) mass is 614 g/mol. The smallest absolute Gasteiger partial charge is 0.305 e. The third kappa shape index (κ3) is 4.33. The van der Waals surface area contributed by atoms with E-state index < -0.39 is 17.2 Å². The van der Waals surface area contributed by atoms with Crippen LogP contribution in [-0.2, 0) is 16.0 Å². The Hall–Kier alpha value is -1.99. The number of hydrogen-bond donors (Lipinski definition) is 1. The summed E-state index contributed by atoms with van der Waals surface area (Å²) in [5.74, 6) is -0.0675. The van der Waals surface area contributed by atoms with Crippen LogP contribution in [0.1, 0.15) is 84.9 Å². The first-order chi connectivity index (χ1) is 18.8. The first kappa shape index (κ1) is 29.5. The number of halogens is 2. The normalized spacial score (nSPS) is 40.9. The number of alkyl halides is 1. The van der Waals surface area contributed by atoms with Crippen molar-refractivity contribution in [2.24, 2.45) is 34.0 Å². The fourth-order valence-electron chi connectivity index (χ4n) is 8.83. The number of hydrogen-bond acceptors (Lipinski definition) is 4. The zero-order chi connectivity index (χ0) is 29.1. The summed E-state index contributed by atoms with van der Waals surface area (Å²) < 4.78 is 26.5. The second-order valence-corrected chi connectivity index (χ2v) is 14.7. The number of fused-ring (bicyclic) bond motifs is 6. The number of carbonyl (C=O) groups is 1.